The van der Waals surface area contributed by atoms with Crippen LogP contribution in [0.2, 0.25) is 5.22 Å². The molecule has 1 heterocycles. The summed E-state index contributed by atoms with van der Waals surface area (Å²) in [6.07, 6.45) is -3.70. The van der Waals surface area contributed by atoms with E-state index >= 15 is 0 Å². The summed E-state index contributed by atoms with van der Waals surface area (Å²) >= 11 is 5.84. The van der Waals surface area contributed by atoms with Crippen LogP contribution < -0.4 is 5.32 Å². The summed E-state index contributed by atoms with van der Waals surface area (Å²) < 4.78 is 54.6. The van der Waals surface area contributed by atoms with Crippen molar-refractivity contribution in [2.24, 2.45) is 0 Å². The van der Waals surface area contributed by atoms with Crippen LogP contribution >= 0.6 is 11.6 Å². The van der Waals surface area contributed by atoms with Crippen LogP contribution in [-0.4, -0.2) is 18.9 Å². The number of alkyl halides is 4. The number of halogens is 5. The van der Waals surface area contributed by atoms with Gasteiger partial charge in [0.15, 0.2) is 5.22 Å². The van der Waals surface area contributed by atoms with Gasteiger partial charge in [-0.25, -0.2) is 8.78 Å². The fourth-order valence-electron chi connectivity index (χ4n) is 1.66. The topological polar surface area (TPSA) is 25.2 Å². The van der Waals surface area contributed by atoms with Crippen molar-refractivity contribution in [1.82, 2.24) is 5.32 Å². The lowest BCUT2D eigenvalue weighted by Crippen LogP contribution is -2.38. The van der Waals surface area contributed by atoms with Gasteiger partial charge in [-0.3, -0.25) is 0 Å². The highest BCUT2D eigenvalue weighted by molar-refractivity contribution is 6.30. The zero-order valence-electron chi connectivity index (χ0n) is 9.60. The highest BCUT2D eigenvalue weighted by Gasteiger charge is 2.40. The van der Waals surface area contributed by atoms with E-state index in [0.717, 1.165) is 0 Å². The molecule has 2 rings (SSSR count). The number of hydrogen-bond donors (Lipinski definition) is 1. The maximum absolute atomic E-state index is 12.7. The molecule has 104 valence electrons. The number of furan rings is 1. The number of para-hydroxylation sites is 1. The Kier molecular flexibility index (Phi) is 4.01. The predicted octanol–water partition coefficient (Wildman–Crippen LogP) is 4.08. The number of hydrogen-bond acceptors (Lipinski definition) is 2. The Labute approximate surface area is 111 Å². The maximum atomic E-state index is 12.7. The average Bonchev–Trinajstić information content (AvgIpc) is 2.65. The Bertz CT molecular complexity index is 570. The Hall–Kier alpha value is -1.27. The second-order valence-corrected chi connectivity index (χ2v) is 4.36. The fourth-order valence-corrected chi connectivity index (χ4v) is 1.92. The standard InChI is InChI=1S/C12H10ClF4NO/c13-10-8(5-18-6-12(16,17)11(14)15)7-3-1-2-4-9(7)19-10/h1-4,11,18H,5-6H2. The van der Waals surface area contributed by atoms with Gasteiger partial charge in [-0.1, -0.05) is 18.2 Å². The van der Waals surface area contributed by atoms with Gasteiger partial charge in [0.1, 0.15) is 5.58 Å². The van der Waals surface area contributed by atoms with E-state index in [4.69, 9.17) is 16.0 Å². The largest absolute Gasteiger partial charge is 0.444 e. The van der Waals surface area contributed by atoms with Crippen molar-refractivity contribution < 1.29 is 22.0 Å². The SMILES string of the molecule is FC(F)C(F)(F)CNCc1c(Cl)oc2ccccc12. The summed E-state index contributed by atoms with van der Waals surface area (Å²) in [7, 11) is 0. The van der Waals surface area contributed by atoms with Crippen molar-refractivity contribution in [3.63, 3.8) is 0 Å². The first kappa shape index (κ1) is 14.1. The minimum Gasteiger partial charge on any atom is -0.444 e. The molecule has 0 aliphatic rings. The summed E-state index contributed by atoms with van der Waals surface area (Å²) in [5.41, 5.74) is 0.993. The average molecular weight is 296 g/mol. The maximum Gasteiger partial charge on any atom is 0.319 e. The molecule has 0 aliphatic carbocycles. The summed E-state index contributed by atoms with van der Waals surface area (Å²) in [6.45, 7) is -1.20. The van der Waals surface area contributed by atoms with E-state index in [9.17, 15) is 17.6 Å². The third kappa shape index (κ3) is 3.01. The molecule has 19 heavy (non-hydrogen) atoms. The van der Waals surface area contributed by atoms with E-state index in [2.05, 4.69) is 5.32 Å². The monoisotopic (exact) mass is 295 g/mol. The second-order valence-electron chi connectivity index (χ2n) is 4.02. The second kappa shape index (κ2) is 5.38. The molecule has 0 aliphatic heterocycles. The molecule has 0 unspecified atom stereocenters. The highest BCUT2D eigenvalue weighted by Crippen LogP contribution is 2.29. The van der Waals surface area contributed by atoms with Crippen LogP contribution in [0.3, 0.4) is 0 Å². The summed E-state index contributed by atoms with van der Waals surface area (Å²) in [4.78, 5) is 0. The first-order chi connectivity index (χ1) is 8.92. The molecule has 1 N–H and O–H groups in total. The number of nitrogens with one attached hydrogen (secondary N) is 1. The summed E-state index contributed by atoms with van der Waals surface area (Å²) in [6, 6.07) is 6.88. The quantitative estimate of drug-likeness (QED) is 0.841. The third-order valence-corrected chi connectivity index (χ3v) is 2.94. The summed E-state index contributed by atoms with van der Waals surface area (Å²) in [5, 5.41) is 3.00. The van der Waals surface area contributed by atoms with Gasteiger partial charge >= 0.3 is 12.3 Å². The lowest BCUT2D eigenvalue weighted by molar-refractivity contribution is -0.125. The van der Waals surface area contributed by atoms with E-state index in [1.54, 1.807) is 24.3 Å². The minimum absolute atomic E-state index is 0.0639. The molecule has 0 saturated heterocycles. The number of fused-ring (bicyclic) bond motifs is 1. The van der Waals surface area contributed by atoms with Crippen molar-refractivity contribution in [3.8, 4) is 0 Å². The Morgan fingerprint density at radius 2 is 1.95 bits per heavy atom. The number of benzene rings is 1. The van der Waals surface area contributed by atoms with Gasteiger partial charge in [0, 0.05) is 17.5 Å². The first-order valence-electron chi connectivity index (χ1n) is 5.44. The highest BCUT2D eigenvalue weighted by atomic mass is 35.5. The lowest BCUT2D eigenvalue weighted by Gasteiger charge is -2.15. The molecule has 0 atom stereocenters. The Morgan fingerprint density at radius 1 is 1.26 bits per heavy atom. The molecule has 0 amide bonds. The van der Waals surface area contributed by atoms with Gasteiger partial charge in [0.2, 0.25) is 0 Å². The van der Waals surface area contributed by atoms with Crippen molar-refractivity contribution in [2.75, 3.05) is 6.54 Å². The van der Waals surface area contributed by atoms with Crippen LogP contribution in [0.15, 0.2) is 28.7 Å². The smallest absolute Gasteiger partial charge is 0.319 e. The molecule has 2 aromatic rings. The molecule has 1 aromatic carbocycles. The van der Waals surface area contributed by atoms with E-state index in [1.807, 2.05) is 0 Å². The van der Waals surface area contributed by atoms with E-state index in [-0.39, 0.29) is 11.8 Å². The van der Waals surface area contributed by atoms with Gasteiger partial charge in [-0.2, -0.15) is 8.78 Å². The first-order valence-corrected chi connectivity index (χ1v) is 5.82. The van der Waals surface area contributed by atoms with Crippen LogP contribution in [0, 0.1) is 0 Å². The van der Waals surface area contributed by atoms with Crippen molar-refractivity contribution >= 4 is 22.6 Å². The zero-order chi connectivity index (χ0) is 14.0. The lowest BCUT2D eigenvalue weighted by atomic mass is 10.2. The molecular formula is C12H10ClF4NO. The normalized spacial score (nSPS) is 12.5. The molecule has 2 nitrogen and oxygen atoms in total. The fraction of sp³-hybridized carbons (Fsp3) is 0.333. The van der Waals surface area contributed by atoms with Gasteiger partial charge in [-0.05, 0) is 17.7 Å². The minimum atomic E-state index is -4.06. The van der Waals surface area contributed by atoms with Crippen LogP contribution in [0.5, 0.6) is 0 Å². The third-order valence-electron chi connectivity index (χ3n) is 2.63. The van der Waals surface area contributed by atoms with Crippen molar-refractivity contribution in [2.45, 2.75) is 18.9 Å². The molecule has 0 bridgehead atoms. The molecular weight excluding hydrogens is 286 g/mol. The van der Waals surface area contributed by atoms with E-state index in [1.165, 1.54) is 0 Å². The molecule has 0 saturated carbocycles. The van der Waals surface area contributed by atoms with Crippen LogP contribution in [0.25, 0.3) is 11.0 Å². The van der Waals surface area contributed by atoms with E-state index in [0.29, 0.717) is 16.5 Å². The molecule has 1 aromatic heterocycles. The van der Waals surface area contributed by atoms with Gasteiger partial charge in [-0.15, -0.1) is 0 Å². The van der Waals surface area contributed by atoms with Crippen molar-refractivity contribution in [1.29, 1.82) is 0 Å². The Morgan fingerprint density at radius 3 is 2.63 bits per heavy atom. The number of rotatable bonds is 5. The Balaban J connectivity index is 2.08. The zero-order valence-corrected chi connectivity index (χ0v) is 10.4. The van der Waals surface area contributed by atoms with Crippen LogP contribution in [-0.2, 0) is 6.54 Å². The van der Waals surface area contributed by atoms with Gasteiger partial charge in [0.05, 0.1) is 6.54 Å². The van der Waals surface area contributed by atoms with Crippen LogP contribution in [0.1, 0.15) is 5.56 Å². The predicted molar refractivity (Wildman–Crippen MR) is 63.9 cm³/mol. The van der Waals surface area contributed by atoms with Gasteiger partial charge < -0.3 is 9.73 Å². The molecule has 0 radical (unpaired) electrons. The molecule has 0 fully saturated rings. The molecule has 7 heteroatoms. The van der Waals surface area contributed by atoms with E-state index < -0.39 is 18.9 Å². The summed E-state index contributed by atoms with van der Waals surface area (Å²) in [5.74, 6) is -4.06. The molecule has 0 spiro atoms. The van der Waals surface area contributed by atoms with Crippen molar-refractivity contribution in [3.05, 3.63) is 35.0 Å². The van der Waals surface area contributed by atoms with Crippen LogP contribution in [0.4, 0.5) is 17.6 Å². The van der Waals surface area contributed by atoms with Gasteiger partial charge in [0.25, 0.3) is 0 Å².